The molecule has 0 saturated carbocycles. The van der Waals surface area contributed by atoms with Crippen molar-refractivity contribution in [1.29, 1.82) is 0 Å². The molecule has 1 heterocycles. The Morgan fingerprint density at radius 3 is 2.30 bits per heavy atom. The SMILES string of the molecule is CCNc1ncnc(NCCOCC(C)C)c1C(C)C. The number of hydrogen-bond acceptors (Lipinski definition) is 5. The third kappa shape index (κ3) is 5.33. The Morgan fingerprint density at radius 2 is 1.75 bits per heavy atom. The summed E-state index contributed by atoms with van der Waals surface area (Å²) in [6.45, 7) is 13.8. The summed E-state index contributed by atoms with van der Waals surface area (Å²) >= 11 is 0. The predicted molar refractivity (Wildman–Crippen MR) is 84.4 cm³/mol. The minimum atomic E-state index is 0.365. The van der Waals surface area contributed by atoms with E-state index < -0.39 is 0 Å². The van der Waals surface area contributed by atoms with Crippen LogP contribution in [0.1, 0.15) is 46.1 Å². The molecule has 0 aliphatic heterocycles. The summed E-state index contributed by atoms with van der Waals surface area (Å²) in [4.78, 5) is 8.68. The minimum absolute atomic E-state index is 0.365. The highest BCUT2D eigenvalue weighted by Gasteiger charge is 2.14. The zero-order valence-electron chi connectivity index (χ0n) is 13.4. The third-order valence-electron chi connectivity index (χ3n) is 2.80. The molecule has 5 heteroatoms. The number of rotatable bonds is 9. The molecule has 0 spiro atoms. The van der Waals surface area contributed by atoms with Gasteiger partial charge in [-0.05, 0) is 18.8 Å². The van der Waals surface area contributed by atoms with Crippen molar-refractivity contribution in [3.05, 3.63) is 11.9 Å². The van der Waals surface area contributed by atoms with E-state index in [1.165, 1.54) is 0 Å². The minimum Gasteiger partial charge on any atom is -0.379 e. The van der Waals surface area contributed by atoms with Crippen LogP contribution in [0.5, 0.6) is 0 Å². The lowest BCUT2D eigenvalue weighted by Crippen LogP contribution is -2.16. The summed E-state index contributed by atoms with van der Waals surface area (Å²) < 4.78 is 5.57. The van der Waals surface area contributed by atoms with Crippen LogP contribution in [-0.4, -0.2) is 36.3 Å². The lowest BCUT2D eigenvalue weighted by Gasteiger charge is -2.17. The van der Waals surface area contributed by atoms with Gasteiger partial charge in [0, 0.05) is 25.3 Å². The molecule has 0 atom stereocenters. The van der Waals surface area contributed by atoms with Gasteiger partial charge in [-0.25, -0.2) is 9.97 Å². The highest BCUT2D eigenvalue weighted by Crippen LogP contribution is 2.27. The maximum atomic E-state index is 5.57. The van der Waals surface area contributed by atoms with E-state index in [9.17, 15) is 0 Å². The Morgan fingerprint density at radius 1 is 1.10 bits per heavy atom. The van der Waals surface area contributed by atoms with E-state index in [1.54, 1.807) is 6.33 Å². The van der Waals surface area contributed by atoms with Crippen LogP contribution < -0.4 is 10.6 Å². The van der Waals surface area contributed by atoms with Crippen LogP contribution in [0.15, 0.2) is 6.33 Å². The van der Waals surface area contributed by atoms with Crippen molar-refractivity contribution in [3.63, 3.8) is 0 Å². The van der Waals surface area contributed by atoms with Crippen molar-refractivity contribution in [2.45, 2.75) is 40.5 Å². The number of anilines is 2. The number of ether oxygens (including phenoxy) is 1. The van der Waals surface area contributed by atoms with Gasteiger partial charge in [-0.15, -0.1) is 0 Å². The Kier molecular flexibility index (Phi) is 7.30. The van der Waals surface area contributed by atoms with Crippen LogP contribution in [0.25, 0.3) is 0 Å². The predicted octanol–water partition coefficient (Wildman–Crippen LogP) is 3.12. The highest BCUT2D eigenvalue weighted by atomic mass is 16.5. The number of nitrogens with zero attached hydrogens (tertiary/aromatic N) is 2. The summed E-state index contributed by atoms with van der Waals surface area (Å²) in [6.07, 6.45) is 1.60. The maximum Gasteiger partial charge on any atom is 0.135 e. The van der Waals surface area contributed by atoms with Crippen LogP contribution in [0.4, 0.5) is 11.6 Å². The first-order valence-corrected chi connectivity index (χ1v) is 7.46. The molecule has 0 aliphatic rings. The number of hydrogen-bond donors (Lipinski definition) is 2. The van der Waals surface area contributed by atoms with Gasteiger partial charge in [0.15, 0.2) is 0 Å². The lowest BCUT2D eigenvalue weighted by atomic mass is 10.0. The first-order valence-electron chi connectivity index (χ1n) is 7.46. The van der Waals surface area contributed by atoms with E-state index in [0.717, 1.165) is 36.9 Å². The van der Waals surface area contributed by atoms with Crippen LogP contribution in [0.2, 0.25) is 0 Å². The van der Waals surface area contributed by atoms with Gasteiger partial charge in [-0.3, -0.25) is 0 Å². The summed E-state index contributed by atoms with van der Waals surface area (Å²) in [5.41, 5.74) is 1.14. The molecule has 114 valence electrons. The van der Waals surface area contributed by atoms with E-state index in [4.69, 9.17) is 4.74 Å². The van der Waals surface area contributed by atoms with Gasteiger partial charge in [0.05, 0.1) is 6.61 Å². The largest absolute Gasteiger partial charge is 0.379 e. The van der Waals surface area contributed by atoms with Gasteiger partial charge in [-0.1, -0.05) is 27.7 Å². The molecule has 1 aromatic rings. The highest BCUT2D eigenvalue weighted by molar-refractivity contribution is 5.58. The first kappa shape index (κ1) is 16.7. The van der Waals surface area contributed by atoms with Gasteiger partial charge in [0.1, 0.15) is 18.0 Å². The Balaban J connectivity index is 2.62. The lowest BCUT2D eigenvalue weighted by molar-refractivity contribution is 0.118. The van der Waals surface area contributed by atoms with Crippen molar-refractivity contribution in [1.82, 2.24) is 9.97 Å². The summed E-state index contributed by atoms with van der Waals surface area (Å²) in [5, 5.41) is 6.64. The Bertz CT molecular complexity index is 393. The molecular weight excluding hydrogens is 252 g/mol. The second kappa shape index (κ2) is 8.74. The molecule has 1 aromatic heterocycles. The topological polar surface area (TPSA) is 59.1 Å². The molecule has 2 N–H and O–H groups in total. The van der Waals surface area contributed by atoms with E-state index in [1.807, 2.05) is 0 Å². The van der Waals surface area contributed by atoms with E-state index in [2.05, 4.69) is 55.2 Å². The fourth-order valence-electron chi connectivity index (χ4n) is 1.95. The second-order valence-corrected chi connectivity index (χ2v) is 5.57. The molecule has 0 fully saturated rings. The van der Waals surface area contributed by atoms with Crippen molar-refractivity contribution in [2.75, 3.05) is 36.9 Å². The second-order valence-electron chi connectivity index (χ2n) is 5.57. The normalized spacial score (nSPS) is 11.2. The molecule has 0 unspecified atom stereocenters. The number of aromatic nitrogens is 2. The molecule has 0 bridgehead atoms. The summed E-state index contributed by atoms with van der Waals surface area (Å²) in [6, 6.07) is 0. The van der Waals surface area contributed by atoms with E-state index >= 15 is 0 Å². The Labute approximate surface area is 122 Å². The van der Waals surface area contributed by atoms with Gasteiger partial charge in [-0.2, -0.15) is 0 Å². The van der Waals surface area contributed by atoms with Crippen molar-refractivity contribution in [3.8, 4) is 0 Å². The van der Waals surface area contributed by atoms with Crippen LogP contribution in [0, 0.1) is 5.92 Å². The summed E-state index contributed by atoms with van der Waals surface area (Å²) in [5.74, 6) is 2.76. The molecule has 20 heavy (non-hydrogen) atoms. The van der Waals surface area contributed by atoms with Crippen LogP contribution in [-0.2, 0) is 4.74 Å². The van der Waals surface area contributed by atoms with Gasteiger partial charge in [0.2, 0.25) is 0 Å². The number of nitrogens with one attached hydrogen (secondary N) is 2. The van der Waals surface area contributed by atoms with Gasteiger partial charge >= 0.3 is 0 Å². The quantitative estimate of drug-likeness (QED) is 0.681. The van der Waals surface area contributed by atoms with Gasteiger partial charge in [0.25, 0.3) is 0 Å². The van der Waals surface area contributed by atoms with Crippen molar-refractivity contribution >= 4 is 11.6 Å². The van der Waals surface area contributed by atoms with Crippen molar-refractivity contribution in [2.24, 2.45) is 5.92 Å². The van der Waals surface area contributed by atoms with E-state index in [0.29, 0.717) is 18.4 Å². The van der Waals surface area contributed by atoms with Crippen molar-refractivity contribution < 1.29 is 4.74 Å². The van der Waals surface area contributed by atoms with Crippen LogP contribution in [0.3, 0.4) is 0 Å². The average molecular weight is 280 g/mol. The fraction of sp³-hybridized carbons (Fsp3) is 0.733. The summed E-state index contributed by atoms with van der Waals surface area (Å²) in [7, 11) is 0. The maximum absolute atomic E-state index is 5.57. The molecule has 0 amide bonds. The molecule has 0 aliphatic carbocycles. The molecule has 1 rings (SSSR count). The standard InChI is InChI=1S/C15H28N4O/c1-6-16-14-13(12(4)5)15(19-10-18-14)17-7-8-20-9-11(2)3/h10-12H,6-9H2,1-5H3,(H2,16,17,18,19). The molecule has 0 radical (unpaired) electrons. The van der Waals surface area contributed by atoms with Gasteiger partial charge < -0.3 is 15.4 Å². The average Bonchev–Trinajstić information content (AvgIpc) is 2.38. The molecule has 0 aromatic carbocycles. The first-order chi connectivity index (χ1) is 9.56. The smallest absolute Gasteiger partial charge is 0.135 e. The molecular formula is C15H28N4O. The zero-order valence-corrected chi connectivity index (χ0v) is 13.4. The monoisotopic (exact) mass is 280 g/mol. The zero-order chi connectivity index (χ0) is 15.0. The molecule has 5 nitrogen and oxygen atoms in total. The fourth-order valence-corrected chi connectivity index (χ4v) is 1.95. The third-order valence-corrected chi connectivity index (χ3v) is 2.80. The van der Waals surface area contributed by atoms with Crippen LogP contribution >= 0.6 is 0 Å². The molecule has 0 saturated heterocycles. The Hall–Kier alpha value is -1.36. The van der Waals surface area contributed by atoms with E-state index in [-0.39, 0.29) is 0 Å².